The highest BCUT2D eigenvalue weighted by Crippen LogP contribution is 2.34. The summed E-state index contributed by atoms with van der Waals surface area (Å²) in [5.74, 6) is -0.434. The smallest absolute Gasteiger partial charge is 0.326 e. The first-order chi connectivity index (χ1) is 14.4. The van der Waals surface area contributed by atoms with Crippen LogP contribution in [0.15, 0.2) is 65.8 Å². The molecule has 0 aliphatic heterocycles. The third-order valence-electron chi connectivity index (χ3n) is 4.23. The quantitative estimate of drug-likeness (QED) is 0.583. The number of amides is 1. The Hall–Kier alpha value is -2.95. The van der Waals surface area contributed by atoms with Crippen molar-refractivity contribution in [3.63, 3.8) is 0 Å². The maximum absolute atomic E-state index is 13.0. The number of carbonyl (C=O) groups is 1. The van der Waals surface area contributed by atoms with E-state index in [1.165, 1.54) is 12.1 Å². The van der Waals surface area contributed by atoms with Crippen LogP contribution in [0.1, 0.15) is 11.1 Å². The van der Waals surface area contributed by atoms with Gasteiger partial charge in [-0.2, -0.15) is 13.2 Å². The Kier molecular flexibility index (Phi) is 6.35. The van der Waals surface area contributed by atoms with Crippen molar-refractivity contribution < 1.29 is 26.4 Å². The summed E-state index contributed by atoms with van der Waals surface area (Å²) in [4.78, 5) is 15.4. The number of hydrogen-bond acceptors (Lipinski definition) is 4. The Morgan fingerprint density at radius 1 is 1.06 bits per heavy atom. The van der Waals surface area contributed by atoms with Crippen molar-refractivity contribution >= 4 is 33.2 Å². The number of hydrogen-bond donors (Lipinski definition) is 2. The van der Waals surface area contributed by atoms with E-state index in [1.807, 2.05) is 0 Å². The summed E-state index contributed by atoms with van der Waals surface area (Å²) in [6.07, 6.45) is -2.93. The molecule has 162 valence electrons. The Balaban J connectivity index is 1.92. The topological polar surface area (TPSA) is 102 Å². The first-order valence-corrected chi connectivity index (χ1v) is 10.6. The molecule has 0 saturated heterocycles. The second kappa shape index (κ2) is 8.66. The van der Waals surface area contributed by atoms with Crippen LogP contribution in [0.25, 0.3) is 11.1 Å². The number of sulfonamides is 1. The molecule has 0 atom stereocenters. The molecule has 1 amide bonds. The van der Waals surface area contributed by atoms with Crippen LogP contribution in [0.3, 0.4) is 0 Å². The highest BCUT2D eigenvalue weighted by molar-refractivity contribution is 7.89. The van der Waals surface area contributed by atoms with Crippen LogP contribution >= 0.6 is 11.6 Å². The average molecular weight is 470 g/mol. The van der Waals surface area contributed by atoms with E-state index < -0.39 is 32.6 Å². The number of halogens is 4. The lowest BCUT2D eigenvalue weighted by Gasteiger charge is -2.13. The normalized spacial score (nSPS) is 11.9. The van der Waals surface area contributed by atoms with Crippen molar-refractivity contribution in [2.24, 2.45) is 5.14 Å². The van der Waals surface area contributed by atoms with Gasteiger partial charge in [0.25, 0.3) is 0 Å². The average Bonchev–Trinajstić information content (AvgIpc) is 2.68. The molecule has 3 N–H and O–H groups in total. The minimum absolute atomic E-state index is 0.00117. The minimum Gasteiger partial charge on any atom is -0.326 e. The van der Waals surface area contributed by atoms with E-state index >= 15 is 0 Å². The third-order valence-corrected chi connectivity index (χ3v) is 5.43. The predicted octanol–water partition coefficient (Wildman–Crippen LogP) is 4.25. The van der Waals surface area contributed by atoms with Gasteiger partial charge in [0.05, 0.1) is 16.9 Å². The van der Waals surface area contributed by atoms with Gasteiger partial charge in [0.15, 0.2) is 0 Å². The highest BCUT2D eigenvalue weighted by Gasteiger charge is 2.31. The van der Waals surface area contributed by atoms with E-state index in [9.17, 15) is 26.4 Å². The number of aromatic nitrogens is 1. The Labute approximate surface area is 180 Å². The van der Waals surface area contributed by atoms with Crippen LogP contribution in [-0.2, 0) is 27.4 Å². The maximum atomic E-state index is 13.0. The molecule has 0 aliphatic carbocycles. The van der Waals surface area contributed by atoms with Crippen LogP contribution in [0, 0.1) is 0 Å². The van der Waals surface area contributed by atoms with Gasteiger partial charge >= 0.3 is 6.18 Å². The zero-order valence-electron chi connectivity index (χ0n) is 15.7. The monoisotopic (exact) mass is 469 g/mol. The van der Waals surface area contributed by atoms with Crippen LogP contribution in [0.5, 0.6) is 0 Å². The molecule has 6 nitrogen and oxygen atoms in total. The van der Waals surface area contributed by atoms with Gasteiger partial charge in [-0.3, -0.25) is 9.78 Å². The van der Waals surface area contributed by atoms with E-state index in [0.29, 0.717) is 16.8 Å². The molecule has 3 aromatic rings. The van der Waals surface area contributed by atoms with Crippen molar-refractivity contribution in [2.45, 2.75) is 17.5 Å². The first-order valence-electron chi connectivity index (χ1n) is 8.67. The molecule has 0 bridgehead atoms. The van der Waals surface area contributed by atoms with Crippen LogP contribution in [0.4, 0.5) is 18.9 Å². The molecule has 0 spiro atoms. The summed E-state index contributed by atoms with van der Waals surface area (Å²) in [5, 5.41) is 8.32. The van der Waals surface area contributed by atoms with Gasteiger partial charge in [-0.25, -0.2) is 13.6 Å². The largest absolute Gasteiger partial charge is 0.417 e. The van der Waals surface area contributed by atoms with Crippen molar-refractivity contribution in [1.29, 1.82) is 0 Å². The lowest BCUT2D eigenvalue weighted by atomic mass is 10.0. The molecule has 0 radical (unpaired) electrons. The summed E-state index contributed by atoms with van der Waals surface area (Å²) in [5.41, 5.74) is -0.396. The number of benzene rings is 2. The first kappa shape index (κ1) is 22.7. The van der Waals surface area contributed by atoms with Crippen molar-refractivity contribution in [3.05, 3.63) is 77.1 Å². The second-order valence-electron chi connectivity index (χ2n) is 6.57. The number of nitrogens with one attached hydrogen (secondary N) is 1. The van der Waals surface area contributed by atoms with Crippen LogP contribution in [-0.4, -0.2) is 19.3 Å². The molecular formula is C20H15ClF3N3O3S. The fourth-order valence-electron chi connectivity index (χ4n) is 2.81. The molecule has 0 unspecified atom stereocenters. The predicted molar refractivity (Wildman–Crippen MR) is 110 cm³/mol. The molecule has 1 aromatic heterocycles. The van der Waals surface area contributed by atoms with Crippen LogP contribution in [0.2, 0.25) is 5.02 Å². The molecule has 3 rings (SSSR count). The highest BCUT2D eigenvalue weighted by atomic mass is 35.5. The number of carbonyl (C=O) groups excluding carboxylic acids is 1. The number of rotatable bonds is 5. The molecule has 0 saturated carbocycles. The number of pyridine rings is 1. The van der Waals surface area contributed by atoms with Gasteiger partial charge in [-0.1, -0.05) is 29.8 Å². The zero-order valence-corrected chi connectivity index (χ0v) is 17.2. The van der Waals surface area contributed by atoms with E-state index in [2.05, 4.69) is 10.3 Å². The Morgan fingerprint density at radius 3 is 2.35 bits per heavy atom. The maximum Gasteiger partial charge on any atom is 0.417 e. The van der Waals surface area contributed by atoms with E-state index in [0.717, 1.165) is 18.3 Å². The summed E-state index contributed by atoms with van der Waals surface area (Å²) < 4.78 is 63.1. The van der Waals surface area contributed by atoms with Crippen molar-refractivity contribution in [2.75, 3.05) is 5.32 Å². The standard InChI is InChI=1S/C20H15ClF3N3O3S/c21-15-3-1-12(2-4-15)7-19(28)27-16-5-6-17(18(9-16)31(25,29)30)13-8-14(11-26-10-13)20(22,23)24/h1-6,8-11H,7H2,(H,27,28)(H2,25,29,30). The Bertz CT molecular complexity index is 1230. The Morgan fingerprint density at radius 2 is 1.74 bits per heavy atom. The minimum atomic E-state index is -4.65. The van der Waals surface area contributed by atoms with Gasteiger partial charge in [0.2, 0.25) is 15.9 Å². The lowest BCUT2D eigenvalue weighted by molar-refractivity contribution is -0.137. The van der Waals surface area contributed by atoms with Gasteiger partial charge in [-0.05, 0) is 35.9 Å². The summed E-state index contributed by atoms with van der Waals surface area (Å²) in [7, 11) is -4.33. The number of anilines is 1. The van der Waals surface area contributed by atoms with Crippen LogP contribution < -0.4 is 10.5 Å². The van der Waals surface area contributed by atoms with Gasteiger partial charge < -0.3 is 5.32 Å². The molecule has 0 fully saturated rings. The fraction of sp³-hybridized carbons (Fsp3) is 0.100. The number of alkyl halides is 3. The second-order valence-corrected chi connectivity index (χ2v) is 8.53. The summed E-state index contributed by atoms with van der Waals surface area (Å²) >= 11 is 5.80. The van der Waals surface area contributed by atoms with E-state index in [-0.39, 0.29) is 23.2 Å². The lowest BCUT2D eigenvalue weighted by Crippen LogP contribution is -2.17. The molecular weight excluding hydrogens is 455 g/mol. The third kappa shape index (κ3) is 5.81. The van der Waals surface area contributed by atoms with Gasteiger partial charge in [-0.15, -0.1) is 0 Å². The number of nitrogens with zero attached hydrogens (tertiary/aromatic N) is 1. The number of primary sulfonamides is 1. The van der Waals surface area contributed by atoms with Crippen molar-refractivity contribution in [3.8, 4) is 11.1 Å². The summed E-state index contributed by atoms with van der Waals surface area (Å²) in [6, 6.07) is 11.1. The molecule has 0 aliphatic rings. The van der Waals surface area contributed by atoms with Crippen molar-refractivity contribution in [1.82, 2.24) is 4.98 Å². The van der Waals surface area contributed by atoms with Gasteiger partial charge in [0, 0.05) is 34.2 Å². The number of nitrogens with two attached hydrogens (primary N) is 1. The van der Waals surface area contributed by atoms with E-state index in [4.69, 9.17) is 16.7 Å². The summed E-state index contributed by atoms with van der Waals surface area (Å²) in [6.45, 7) is 0. The zero-order chi connectivity index (χ0) is 22.8. The molecule has 1 heterocycles. The van der Waals surface area contributed by atoms with E-state index in [1.54, 1.807) is 24.3 Å². The molecule has 2 aromatic carbocycles. The van der Waals surface area contributed by atoms with Gasteiger partial charge in [0.1, 0.15) is 0 Å². The molecule has 11 heteroatoms. The SMILES string of the molecule is NS(=O)(=O)c1cc(NC(=O)Cc2ccc(Cl)cc2)ccc1-c1cncc(C(F)(F)F)c1. The fourth-order valence-corrected chi connectivity index (χ4v) is 3.72. The molecule has 31 heavy (non-hydrogen) atoms.